The van der Waals surface area contributed by atoms with E-state index >= 15 is 0 Å². The highest BCUT2D eigenvalue weighted by molar-refractivity contribution is 8.06. The average Bonchev–Trinajstić information content (AvgIpc) is 3.25. The predicted octanol–water partition coefficient (Wildman–Crippen LogP) is 6.95. The summed E-state index contributed by atoms with van der Waals surface area (Å²) in [6.45, 7) is 14.8. The summed E-state index contributed by atoms with van der Waals surface area (Å²) in [5, 5.41) is 14.4. The number of amidine groups is 1. The number of nitrogens with two attached hydrogens (primary N) is 1. The van der Waals surface area contributed by atoms with Crippen LogP contribution in [0.2, 0.25) is 0 Å². The lowest BCUT2D eigenvalue weighted by Crippen LogP contribution is -2.38. The number of unbranched alkanes of at least 4 members (excludes halogenated alkanes) is 2. The van der Waals surface area contributed by atoms with Crippen molar-refractivity contribution in [3.8, 4) is 0 Å². The Morgan fingerprint density at radius 3 is 2.42 bits per heavy atom. The number of allylic oxidation sites excluding steroid dienone is 3. The first-order valence-electron chi connectivity index (χ1n) is 14.7. The monoisotopic (exact) mass is 571 g/mol. The van der Waals surface area contributed by atoms with Crippen LogP contribution in [0.3, 0.4) is 0 Å². The molecule has 40 heavy (non-hydrogen) atoms. The molecular weight excluding hydrogens is 521 g/mol. The largest absolute Gasteiger partial charge is 0.394 e. The van der Waals surface area contributed by atoms with Gasteiger partial charge < -0.3 is 16.4 Å². The molecule has 0 aromatic carbocycles. The molecule has 0 unspecified atom stereocenters. The van der Waals surface area contributed by atoms with Crippen LogP contribution in [0.25, 0.3) is 0 Å². The molecular formula is C31H50FN7S. The number of nitrogens with one attached hydrogen (secondary N) is 2. The van der Waals surface area contributed by atoms with Gasteiger partial charge in [0.1, 0.15) is 18.3 Å². The Kier molecular flexibility index (Phi) is 16.1. The smallest absolute Gasteiger partial charge is 0.132 e. The van der Waals surface area contributed by atoms with Crippen molar-refractivity contribution in [2.24, 2.45) is 20.8 Å². The number of hydrogen-bond donors (Lipinski definition) is 3. The van der Waals surface area contributed by atoms with Crippen LogP contribution in [0.15, 0.2) is 73.5 Å². The van der Waals surface area contributed by atoms with E-state index in [1.807, 2.05) is 13.1 Å². The van der Waals surface area contributed by atoms with Gasteiger partial charge in [0.2, 0.25) is 0 Å². The highest BCUT2D eigenvalue weighted by Gasteiger charge is 2.25. The molecule has 2 aliphatic rings. The molecule has 0 bridgehead atoms. The van der Waals surface area contributed by atoms with Gasteiger partial charge in [0.05, 0.1) is 16.8 Å². The third-order valence-electron chi connectivity index (χ3n) is 7.05. The molecule has 0 saturated heterocycles. The van der Waals surface area contributed by atoms with Crippen LogP contribution in [-0.4, -0.2) is 56.1 Å². The number of nitrogens with zero attached hydrogens (tertiary/aromatic N) is 4. The molecule has 0 aromatic rings. The third kappa shape index (κ3) is 11.0. The Morgan fingerprint density at radius 1 is 1.15 bits per heavy atom. The summed E-state index contributed by atoms with van der Waals surface area (Å²) in [6.07, 6.45) is 18.1. The van der Waals surface area contributed by atoms with E-state index in [9.17, 15) is 4.39 Å². The quantitative estimate of drug-likeness (QED) is 0.0578. The van der Waals surface area contributed by atoms with Crippen LogP contribution < -0.4 is 16.4 Å². The lowest BCUT2D eigenvalue weighted by Gasteiger charge is -2.32. The molecule has 1 fully saturated rings. The highest BCUT2D eigenvalue weighted by atomic mass is 32.2. The topological polar surface area (TPSA) is 90.4 Å². The van der Waals surface area contributed by atoms with E-state index in [0.29, 0.717) is 24.8 Å². The second-order valence-corrected chi connectivity index (χ2v) is 11.2. The lowest BCUT2D eigenvalue weighted by molar-refractivity contribution is 0.227. The van der Waals surface area contributed by atoms with Crippen molar-refractivity contribution in [3.63, 3.8) is 0 Å². The van der Waals surface area contributed by atoms with Gasteiger partial charge in [0.15, 0.2) is 0 Å². The zero-order valence-corrected chi connectivity index (χ0v) is 25.5. The van der Waals surface area contributed by atoms with Crippen molar-refractivity contribution < 1.29 is 4.39 Å². The Hall–Kier alpha value is -2.81. The molecule has 2 rings (SSSR count). The van der Waals surface area contributed by atoms with E-state index in [1.165, 1.54) is 43.5 Å². The molecule has 7 nitrogen and oxygen atoms in total. The number of hydrogen-bond acceptors (Lipinski definition) is 7. The molecule has 1 aliphatic heterocycles. The Bertz CT molecular complexity index is 988. The summed E-state index contributed by atoms with van der Waals surface area (Å²) in [6, 6.07) is 0.311. The van der Waals surface area contributed by atoms with Gasteiger partial charge in [0, 0.05) is 43.0 Å². The van der Waals surface area contributed by atoms with Gasteiger partial charge in [-0.25, -0.2) is 9.40 Å². The van der Waals surface area contributed by atoms with Crippen LogP contribution in [0.4, 0.5) is 4.39 Å². The molecule has 1 aliphatic carbocycles. The number of halogens is 1. The second-order valence-electron chi connectivity index (χ2n) is 10.1. The molecule has 222 valence electrons. The molecule has 0 amide bonds. The zero-order valence-electron chi connectivity index (χ0n) is 24.7. The van der Waals surface area contributed by atoms with Crippen LogP contribution in [0.5, 0.6) is 0 Å². The first-order valence-corrected chi connectivity index (χ1v) is 15.5. The summed E-state index contributed by atoms with van der Waals surface area (Å²) in [5.41, 5.74) is 8.38. The van der Waals surface area contributed by atoms with Crippen LogP contribution in [0.1, 0.15) is 84.0 Å². The van der Waals surface area contributed by atoms with Crippen molar-refractivity contribution in [1.29, 1.82) is 0 Å². The van der Waals surface area contributed by atoms with Crippen molar-refractivity contribution >= 4 is 30.0 Å². The molecule has 0 atom stereocenters. The second kappa shape index (κ2) is 19.3. The maximum Gasteiger partial charge on any atom is 0.132 e. The van der Waals surface area contributed by atoms with Gasteiger partial charge in [-0.2, -0.15) is 5.10 Å². The summed E-state index contributed by atoms with van der Waals surface area (Å²) < 4.78 is 12.8. The first kappa shape index (κ1) is 33.4. The fourth-order valence-corrected chi connectivity index (χ4v) is 5.73. The minimum atomic E-state index is -0.569. The molecule has 9 heteroatoms. The summed E-state index contributed by atoms with van der Waals surface area (Å²) in [7, 11) is 1.95. The van der Waals surface area contributed by atoms with Crippen LogP contribution in [0, 0.1) is 0 Å². The van der Waals surface area contributed by atoms with Gasteiger partial charge in [-0.1, -0.05) is 76.1 Å². The van der Waals surface area contributed by atoms with E-state index in [1.54, 1.807) is 0 Å². The minimum absolute atomic E-state index is 0.311. The number of rotatable bonds is 17. The molecule has 0 radical (unpaired) electrons. The molecule has 0 aromatic heterocycles. The maximum absolute atomic E-state index is 12.8. The Labute approximate surface area is 245 Å². The number of alkyl halides is 1. The van der Waals surface area contributed by atoms with Crippen molar-refractivity contribution in [2.45, 2.75) is 90.0 Å². The van der Waals surface area contributed by atoms with Gasteiger partial charge in [-0.3, -0.25) is 9.98 Å². The first-order chi connectivity index (χ1) is 19.5. The normalized spacial score (nSPS) is 17.7. The SMILES string of the molecule is C=C/C(CF)=N\CCCCC/N=C(NC(=C)C1=CCC=C(N)S1)\C(CCC)=C(/NC)N(N=C)C1CCCCCC1. The van der Waals surface area contributed by atoms with Crippen molar-refractivity contribution in [2.75, 3.05) is 26.8 Å². The van der Waals surface area contributed by atoms with E-state index < -0.39 is 6.67 Å². The number of thioether (sulfide) groups is 1. The minimum Gasteiger partial charge on any atom is -0.394 e. The number of hydrazone groups is 1. The van der Waals surface area contributed by atoms with Gasteiger partial charge in [-0.15, -0.1) is 0 Å². The van der Waals surface area contributed by atoms with Crippen molar-refractivity contribution in [1.82, 2.24) is 15.6 Å². The fourth-order valence-electron chi connectivity index (χ4n) is 4.94. The average molecular weight is 572 g/mol. The zero-order chi connectivity index (χ0) is 29.2. The Balaban J connectivity index is 2.32. The van der Waals surface area contributed by atoms with Gasteiger partial charge >= 0.3 is 0 Å². The number of aliphatic imine (C=N–C) groups is 2. The lowest BCUT2D eigenvalue weighted by atomic mass is 10.1. The van der Waals surface area contributed by atoms with Crippen LogP contribution in [-0.2, 0) is 0 Å². The highest BCUT2D eigenvalue weighted by Crippen LogP contribution is 2.31. The summed E-state index contributed by atoms with van der Waals surface area (Å²) in [4.78, 5) is 10.3. The molecule has 0 spiro atoms. The van der Waals surface area contributed by atoms with Crippen molar-refractivity contribution in [3.05, 3.63) is 58.4 Å². The maximum atomic E-state index is 12.8. The van der Waals surface area contributed by atoms with E-state index in [-0.39, 0.29) is 0 Å². The summed E-state index contributed by atoms with van der Waals surface area (Å²) in [5.74, 6) is 1.75. The predicted molar refractivity (Wildman–Crippen MR) is 173 cm³/mol. The molecule has 1 saturated carbocycles. The van der Waals surface area contributed by atoms with E-state index in [4.69, 9.17) is 10.7 Å². The summed E-state index contributed by atoms with van der Waals surface area (Å²) >= 11 is 1.52. The molecule has 1 heterocycles. The molecule has 4 N–H and O–H groups in total. The fraction of sp³-hybridized carbons (Fsp3) is 0.581. The van der Waals surface area contributed by atoms with Gasteiger partial charge in [-0.05, 0) is 51.0 Å². The van der Waals surface area contributed by atoms with Crippen LogP contribution >= 0.6 is 11.8 Å². The van der Waals surface area contributed by atoms with Gasteiger partial charge in [0.25, 0.3) is 0 Å². The van der Waals surface area contributed by atoms with E-state index in [2.05, 4.69) is 58.6 Å². The Morgan fingerprint density at radius 2 is 1.85 bits per heavy atom. The third-order valence-corrected chi connectivity index (χ3v) is 8.09. The standard InChI is InChI=1S/C31H50FN7S/c1-6-16-27(31(34-4)39(35-5)26-17-11-8-9-12-18-26)30(38-24(3)28-19-15-20-29(33)40-28)37-22-14-10-13-21-36-25(7-2)23-32/h7,19-20,26,34H,2-3,5-6,8-18,21-23,33H2,1,4H3,(H,37,38)/b31-27+,36-25+. The van der Waals surface area contributed by atoms with E-state index in [0.717, 1.165) is 84.2 Å².